The third kappa shape index (κ3) is 4.50. The Morgan fingerprint density at radius 3 is 2.56 bits per heavy atom. The van der Waals surface area contributed by atoms with E-state index >= 15 is 0 Å². The van der Waals surface area contributed by atoms with Crippen LogP contribution in [0, 0.1) is 24.6 Å². The molecule has 1 aromatic carbocycles. The van der Waals surface area contributed by atoms with E-state index in [9.17, 15) is 17.6 Å². The van der Waals surface area contributed by atoms with Crippen LogP contribution in [0.15, 0.2) is 23.1 Å². The molecule has 0 aliphatic carbocycles. The summed E-state index contributed by atoms with van der Waals surface area (Å²) in [5, 5.41) is 0. The molecule has 27 heavy (non-hydrogen) atoms. The smallest absolute Gasteiger partial charge is 0.243 e. The molecule has 150 valence electrons. The minimum Gasteiger partial charge on any atom is -0.384 e. The summed E-state index contributed by atoms with van der Waals surface area (Å²) in [5.74, 6) is 0.183. The van der Waals surface area contributed by atoms with E-state index in [2.05, 4.69) is 0 Å². The lowest BCUT2D eigenvalue weighted by molar-refractivity contribution is -0.128. The van der Waals surface area contributed by atoms with Crippen molar-refractivity contribution in [2.24, 2.45) is 11.8 Å². The number of aryl methyl sites for hydroxylation is 1. The number of likely N-dealkylation sites (tertiary alicyclic amines) is 1. The summed E-state index contributed by atoms with van der Waals surface area (Å²) < 4.78 is 45.8. The number of halogens is 1. The number of piperidine rings is 1. The predicted molar refractivity (Wildman–Crippen MR) is 99.2 cm³/mol. The average Bonchev–Trinajstić information content (AvgIpc) is 2.97. The van der Waals surface area contributed by atoms with Crippen LogP contribution < -0.4 is 0 Å². The molecule has 0 aromatic heterocycles. The van der Waals surface area contributed by atoms with Gasteiger partial charge in [-0.2, -0.15) is 4.31 Å². The number of hydrogen-bond donors (Lipinski definition) is 0. The maximum atomic E-state index is 13.8. The van der Waals surface area contributed by atoms with Crippen LogP contribution in [0.4, 0.5) is 4.39 Å². The van der Waals surface area contributed by atoms with Gasteiger partial charge in [0.15, 0.2) is 0 Å². The number of carbonyl (C=O) groups excluding carboxylic acids is 1. The first-order valence-electron chi connectivity index (χ1n) is 9.34. The number of benzene rings is 1. The summed E-state index contributed by atoms with van der Waals surface area (Å²) in [5.41, 5.74) is 0.426. The zero-order valence-electron chi connectivity index (χ0n) is 15.9. The normalized spacial score (nSPS) is 22.6. The zero-order valence-corrected chi connectivity index (χ0v) is 16.7. The van der Waals surface area contributed by atoms with Gasteiger partial charge in [0.1, 0.15) is 5.82 Å². The second kappa shape index (κ2) is 8.24. The minimum atomic E-state index is -3.68. The zero-order chi connectivity index (χ0) is 19.6. The van der Waals surface area contributed by atoms with E-state index in [0.29, 0.717) is 57.6 Å². The molecule has 0 radical (unpaired) electrons. The van der Waals surface area contributed by atoms with Crippen molar-refractivity contribution < 1.29 is 22.3 Å². The molecular formula is C19H27FN2O4S. The van der Waals surface area contributed by atoms with Crippen LogP contribution in [0.5, 0.6) is 0 Å². The Morgan fingerprint density at radius 2 is 1.93 bits per heavy atom. The third-order valence-corrected chi connectivity index (χ3v) is 7.42. The number of amides is 1. The summed E-state index contributed by atoms with van der Waals surface area (Å²) in [7, 11) is -2.04. The first-order chi connectivity index (χ1) is 12.8. The number of carbonyl (C=O) groups is 1. The Balaban J connectivity index is 1.57. The molecule has 0 spiro atoms. The van der Waals surface area contributed by atoms with Gasteiger partial charge in [0.2, 0.25) is 15.9 Å². The lowest BCUT2D eigenvalue weighted by Gasteiger charge is -2.33. The molecule has 8 heteroatoms. The number of hydrogen-bond acceptors (Lipinski definition) is 4. The Labute approximate surface area is 160 Å². The quantitative estimate of drug-likeness (QED) is 0.735. The first kappa shape index (κ1) is 20.2. The van der Waals surface area contributed by atoms with E-state index in [1.165, 1.54) is 16.4 Å². The molecule has 1 atom stereocenters. The predicted octanol–water partition coefficient (Wildman–Crippen LogP) is 2.03. The van der Waals surface area contributed by atoms with Crippen molar-refractivity contribution >= 4 is 15.9 Å². The monoisotopic (exact) mass is 398 g/mol. The van der Waals surface area contributed by atoms with E-state index in [1.54, 1.807) is 14.0 Å². The number of rotatable bonds is 6. The third-order valence-electron chi connectivity index (χ3n) is 5.53. The molecule has 1 unspecified atom stereocenters. The van der Waals surface area contributed by atoms with Crippen molar-refractivity contribution in [2.45, 2.75) is 31.1 Å². The fourth-order valence-corrected chi connectivity index (χ4v) is 5.39. The molecule has 1 amide bonds. The highest BCUT2D eigenvalue weighted by Crippen LogP contribution is 2.27. The molecule has 2 aliphatic heterocycles. The molecule has 6 nitrogen and oxygen atoms in total. The van der Waals surface area contributed by atoms with Crippen molar-refractivity contribution in [3.63, 3.8) is 0 Å². The molecule has 0 saturated carbocycles. The highest BCUT2D eigenvalue weighted by molar-refractivity contribution is 7.89. The van der Waals surface area contributed by atoms with Crippen molar-refractivity contribution in [1.82, 2.24) is 9.21 Å². The van der Waals surface area contributed by atoms with Gasteiger partial charge in [-0.3, -0.25) is 4.79 Å². The molecule has 0 N–H and O–H groups in total. The fourth-order valence-electron chi connectivity index (χ4n) is 3.90. The van der Waals surface area contributed by atoms with E-state index in [-0.39, 0.29) is 22.6 Å². The van der Waals surface area contributed by atoms with Crippen molar-refractivity contribution in [3.05, 3.63) is 29.6 Å². The van der Waals surface area contributed by atoms with Gasteiger partial charge in [0, 0.05) is 45.6 Å². The second-order valence-corrected chi connectivity index (χ2v) is 9.52. The molecule has 2 aliphatic rings. The highest BCUT2D eigenvalue weighted by atomic mass is 32.2. The van der Waals surface area contributed by atoms with Crippen molar-refractivity contribution in [1.29, 1.82) is 0 Å². The van der Waals surface area contributed by atoms with Crippen LogP contribution in [0.25, 0.3) is 0 Å². The van der Waals surface area contributed by atoms with E-state index in [1.807, 2.05) is 4.90 Å². The standard InChI is InChI=1S/C19H27FN2O4S/c1-14-3-4-17(10-18(14)20)27(24,25)22-7-5-15(6-8-22)11-21-12-16(13-26-2)9-19(21)23/h3-4,10,15-16H,5-9,11-13H2,1-2H3. The number of ether oxygens (including phenoxy) is 1. The largest absolute Gasteiger partial charge is 0.384 e. The SMILES string of the molecule is COCC1CC(=O)N(CC2CCN(S(=O)(=O)c3ccc(C)c(F)c3)CC2)C1. The van der Waals surface area contributed by atoms with Gasteiger partial charge in [-0.15, -0.1) is 0 Å². The molecule has 2 saturated heterocycles. The average molecular weight is 399 g/mol. The Hall–Kier alpha value is -1.51. The van der Waals surface area contributed by atoms with E-state index < -0.39 is 15.8 Å². The molecule has 2 fully saturated rings. The topological polar surface area (TPSA) is 66.9 Å². The summed E-state index contributed by atoms with van der Waals surface area (Å²) in [4.78, 5) is 14.0. The molecule has 1 aromatic rings. The molecule has 0 bridgehead atoms. The minimum absolute atomic E-state index is 0.00109. The molecule has 3 rings (SSSR count). The molecule has 2 heterocycles. The number of sulfonamides is 1. The van der Waals surface area contributed by atoms with Crippen LogP contribution in [-0.2, 0) is 19.6 Å². The molecular weight excluding hydrogens is 371 g/mol. The summed E-state index contributed by atoms with van der Waals surface area (Å²) in [6.45, 7) is 4.37. The van der Waals surface area contributed by atoms with Gasteiger partial charge < -0.3 is 9.64 Å². The summed E-state index contributed by atoms with van der Waals surface area (Å²) in [6.07, 6.45) is 1.93. The highest BCUT2D eigenvalue weighted by Gasteiger charge is 2.34. The first-order valence-corrected chi connectivity index (χ1v) is 10.8. The van der Waals surface area contributed by atoms with Crippen molar-refractivity contribution in [3.8, 4) is 0 Å². The van der Waals surface area contributed by atoms with Crippen LogP contribution in [0.1, 0.15) is 24.8 Å². The van der Waals surface area contributed by atoms with E-state index in [0.717, 1.165) is 6.07 Å². The Bertz CT molecular complexity index is 791. The van der Waals surface area contributed by atoms with Gasteiger partial charge in [-0.05, 0) is 43.4 Å². The Morgan fingerprint density at radius 1 is 1.22 bits per heavy atom. The van der Waals surface area contributed by atoms with Crippen LogP contribution in [0.2, 0.25) is 0 Å². The lowest BCUT2D eigenvalue weighted by atomic mass is 9.97. The van der Waals surface area contributed by atoms with Crippen LogP contribution in [0.3, 0.4) is 0 Å². The second-order valence-electron chi connectivity index (χ2n) is 7.58. The van der Waals surface area contributed by atoms with Gasteiger partial charge >= 0.3 is 0 Å². The van der Waals surface area contributed by atoms with Gasteiger partial charge in [0.05, 0.1) is 11.5 Å². The number of nitrogens with zero attached hydrogens (tertiary/aromatic N) is 2. The number of methoxy groups -OCH3 is 1. The summed E-state index contributed by atoms with van der Waals surface area (Å²) >= 11 is 0. The fraction of sp³-hybridized carbons (Fsp3) is 0.632. The maximum absolute atomic E-state index is 13.8. The van der Waals surface area contributed by atoms with Crippen molar-refractivity contribution in [2.75, 3.05) is 39.9 Å². The van der Waals surface area contributed by atoms with Gasteiger partial charge in [-0.1, -0.05) is 6.07 Å². The van der Waals surface area contributed by atoms with E-state index in [4.69, 9.17) is 4.74 Å². The van der Waals surface area contributed by atoms with Crippen LogP contribution >= 0.6 is 0 Å². The Kier molecular flexibility index (Phi) is 6.18. The van der Waals surface area contributed by atoms with Gasteiger partial charge in [-0.25, -0.2) is 12.8 Å². The summed E-state index contributed by atoms with van der Waals surface area (Å²) in [6, 6.07) is 4.04. The van der Waals surface area contributed by atoms with Gasteiger partial charge in [0.25, 0.3) is 0 Å². The van der Waals surface area contributed by atoms with Crippen LogP contribution in [-0.4, -0.2) is 63.4 Å². The maximum Gasteiger partial charge on any atom is 0.243 e. The lowest BCUT2D eigenvalue weighted by Crippen LogP contribution is -2.42.